The molecule has 1 fully saturated rings. The smallest absolute Gasteiger partial charge is 0.262 e. The molecular formula is C26H21F4N7. The van der Waals surface area contributed by atoms with Gasteiger partial charge in [0, 0.05) is 54.0 Å². The third kappa shape index (κ3) is 4.57. The normalized spacial score (nSPS) is 17.9. The molecule has 37 heavy (non-hydrogen) atoms. The molecule has 1 aliphatic heterocycles. The van der Waals surface area contributed by atoms with Gasteiger partial charge in [-0.15, -0.1) is 5.10 Å². The lowest BCUT2D eigenvalue weighted by molar-refractivity contribution is -0.0857. The molecule has 1 unspecified atom stereocenters. The summed E-state index contributed by atoms with van der Waals surface area (Å²) < 4.78 is 59.0. The third-order valence-electron chi connectivity index (χ3n) is 6.60. The number of piperidine rings is 1. The maximum Gasteiger partial charge on any atom is 0.262 e. The quantitative estimate of drug-likeness (QED) is 0.329. The highest BCUT2D eigenvalue weighted by Crippen LogP contribution is 2.35. The summed E-state index contributed by atoms with van der Waals surface area (Å²) in [6, 6.07) is 12.2. The first kappa shape index (κ1) is 23.3. The van der Waals surface area contributed by atoms with Crippen molar-refractivity contribution >= 4 is 10.9 Å². The van der Waals surface area contributed by atoms with Gasteiger partial charge in [0.05, 0.1) is 24.3 Å². The second kappa shape index (κ2) is 9.07. The maximum absolute atomic E-state index is 14.7. The summed E-state index contributed by atoms with van der Waals surface area (Å²) in [4.78, 5) is 5.40. The van der Waals surface area contributed by atoms with E-state index in [1.165, 1.54) is 15.6 Å². The summed E-state index contributed by atoms with van der Waals surface area (Å²) in [6.07, 6.45) is 4.56. The molecule has 0 spiro atoms. The molecule has 1 aliphatic rings. The number of nitrogens with zero attached hydrogens (tertiary/aromatic N) is 6. The van der Waals surface area contributed by atoms with Crippen molar-refractivity contribution < 1.29 is 17.6 Å². The molecule has 0 amide bonds. The average molecular weight is 507 g/mol. The van der Waals surface area contributed by atoms with E-state index in [1.54, 1.807) is 18.6 Å². The predicted octanol–water partition coefficient (Wildman–Crippen LogP) is 5.24. The summed E-state index contributed by atoms with van der Waals surface area (Å²) in [5.74, 6) is -4.56. The fourth-order valence-corrected chi connectivity index (χ4v) is 4.86. The molecule has 188 valence electrons. The third-order valence-corrected chi connectivity index (χ3v) is 6.60. The number of rotatable bonds is 5. The highest BCUT2D eigenvalue weighted by molar-refractivity contribution is 5.95. The van der Waals surface area contributed by atoms with Crippen LogP contribution in [0.3, 0.4) is 0 Å². The van der Waals surface area contributed by atoms with E-state index >= 15 is 0 Å². The van der Waals surface area contributed by atoms with Crippen LogP contribution < -0.4 is 0 Å². The van der Waals surface area contributed by atoms with Crippen LogP contribution in [0.4, 0.5) is 17.6 Å². The monoisotopic (exact) mass is 507 g/mol. The number of aromatic nitrogens is 6. The molecule has 0 saturated carbocycles. The van der Waals surface area contributed by atoms with Gasteiger partial charge in [0.2, 0.25) is 0 Å². The molecule has 2 aromatic carbocycles. The fourth-order valence-electron chi connectivity index (χ4n) is 4.86. The lowest BCUT2D eigenvalue weighted by Crippen LogP contribution is -2.47. The zero-order valence-electron chi connectivity index (χ0n) is 19.5. The summed E-state index contributed by atoms with van der Waals surface area (Å²) >= 11 is 0. The van der Waals surface area contributed by atoms with Gasteiger partial charge in [-0.3, -0.25) is 15.0 Å². The van der Waals surface area contributed by atoms with Crippen LogP contribution in [0.15, 0.2) is 67.1 Å². The molecule has 7 nitrogen and oxygen atoms in total. The van der Waals surface area contributed by atoms with Crippen LogP contribution in [-0.2, 0) is 6.54 Å². The standard InChI is InChI=1S/C26H21F4N7/c27-21-2-1-3-22(28)20(21)13-36-12-18(11-26(29,30)15-36)37-14-24(33-35-37)17-4-5-23-19(10-17)25(34-32-23)16-6-8-31-9-7-16/h1-10,14,18H,11-13,15H2,(H,32,34). The molecule has 0 aliphatic carbocycles. The summed E-state index contributed by atoms with van der Waals surface area (Å²) in [5, 5.41) is 16.7. The molecule has 1 N–H and O–H groups in total. The fraction of sp³-hybridized carbons (Fsp3) is 0.231. The van der Waals surface area contributed by atoms with Gasteiger partial charge in [0.1, 0.15) is 23.0 Å². The molecule has 1 atom stereocenters. The Morgan fingerprint density at radius 1 is 1.00 bits per heavy atom. The van der Waals surface area contributed by atoms with E-state index in [9.17, 15) is 17.6 Å². The Morgan fingerprint density at radius 3 is 2.57 bits per heavy atom. The SMILES string of the molecule is Fc1cccc(F)c1CN1CC(n2cc(-c3ccc4[nH]nc(-c5ccncc5)c4c3)nn2)CC(F)(F)C1. The molecule has 0 bridgehead atoms. The van der Waals surface area contributed by atoms with Crippen LogP contribution >= 0.6 is 0 Å². The number of nitrogens with one attached hydrogen (secondary N) is 1. The molecular weight excluding hydrogens is 486 g/mol. The number of H-pyrrole nitrogens is 1. The van der Waals surface area contributed by atoms with E-state index < -0.39 is 36.6 Å². The molecule has 5 aromatic rings. The number of likely N-dealkylation sites (tertiary alicyclic amines) is 1. The Hall–Kier alpha value is -4.12. The first-order chi connectivity index (χ1) is 17.9. The van der Waals surface area contributed by atoms with Gasteiger partial charge in [-0.1, -0.05) is 17.3 Å². The van der Waals surface area contributed by atoms with E-state index in [1.807, 2.05) is 30.3 Å². The van der Waals surface area contributed by atoms with Crippen molar-refractivity contribution in [3.8, 4) is 22.5 Å². The van der Waals surface area contributed by atoms with E-state index in [0.717, 1.165) is 39.9 Å². The topological polar surface area (TPSA) is 75.5 Å². The predicted molar refractivity (Wildman–Crippen MR) is 129 cm³/mol. The first-order valence-corrected chi connectivity index (χ1v) is 11.7. The largest absolute Gasteiger partial charge is 0.291 e. The van der Waals surface area contributed by atoms with E-state index in [4.69, 9.17) is 0 Å². The Bertz CT molecular complexity index is 1540. The van der Waals surface area contributed by atoms with Crippen molar-refractivity contribution in [2.24, 2.45) is 0 Å². The Kier molecular flexibility index (Phi) is 5.71. The number of aromatic amines is 1. The van der Waals surface area contributed by atoms with Gasteiger partial charge in [-0.25, -0.2) is 22.2 Å². The lowest BCUT2D eigenvalue weighted by Gasteiger charge is -2.37. The average Bonchev–Trinajstić information content (AvgIpc) is 3.53. The van der Waals surface area contributed by atoms with Crippen LogP contribution in [-0.4, -0.2) is 54.1 Å². The molecule has 6 rings (SSSR count). The number of pyridine rings is 1. The van der Waals surface area contributed by atoms with Crippen molar-refractivity contribution in [2.75, 3.05) is 13.1 Å². The number of hydrogen-bond donors (Lipinski definition) is 1. The number of alkyl halides is 2. The Balaban J connectivity index is 1.27. The minimum absolute atomic E-state index is 0.152. The van der Waals surface area contributed by atoms with Crippen LogP contribution in [0, 0.1) is 11.6 Å². The van der Waals surface area contributed by atoms with E-state index in [2.05, 4.69) is 25.5 Å². The van der Waals surface area contributed by atoms with Gasteiger partial charge in [-0.05, 0) is 36.4 Å². The number of fused-ring (bicyclic) bond motifs is 1. The zero-order valence-corrected chi connectivity index (χ0v) is 19.5. The van der Waals surface area contributed by atoms with Crippen molar-refractivity contribution in [1.82, 2.24) is 35.1 Å². The van der Waals surface area contributed by atoms with Crippen LogP contribution in [0.1, 0.15) is 18.0 Å². The van der Waals surface area contributed by atoms with E-state index in [-0.39, 0.29) is 18.7 Å². The molecule has 3 aromatic heterocycles. The van der Waals surface area contributed by atoms with Gasteiger partial charge in [0.25, 0.3) is 5.92 Å². The van der Waals surface area contributed by atoms with Gasteiger partial charge in [0.15, 0.2) is 0 Å². The summed E-state index contributed by atoms with van der Waals surface area (Å²) in [5.41, 5.74) is 3.54. The van der Waals surface area contributed by atoms with Crippen molar-refractivity contribution in [2.45, 2.75) is 24.9 Å². The van der Waals surface area contributed by atoms with Crippen molar-refractivity contribution in [3.05, 3.63) is 84.3 Å². The van der Waals surface area contributed by atoms with Gasteiger partial charge >= 0.3 is 0 Å². The van der Waals surface area contributed by atoms with Gasteiger partial charge < -0.3 is 0 Å². The number of benzene rings is 2. The van der Waals surface area contributed by atoms with E-state index in [0.29, 0.717) is 5.69 Å². The minimum atomic E-state index is -3.05. The maximum atomic E-state index is 14.7. The Morgan fingerprint density at radius 2 is 1.78 bits per heavy atom. The number of hydrogen-bond acceptors (Lipinski definition) is 5. The van der Waals surface area contributed by atoms with Crippen LogP contribution in [0.5, 0.6) is 0 Å². The zero-order chi connectivity index (χ0) is 25.6. The van der Waals surface area contributed by atoms with Crippen LogP contribution in [0.2, 0.25) is 0 Å². The highest BCUT2D eigenvalue weighted by atomic mass is 19.3. The molecule has 1 saturated heterocycles. The van der Waals surface area contributed by atoms with Crippen molar-refractivity contribution in [3.63, 3.8) is 0 Å². The summed E-state index contributed by atoms with van der Waals surface area (Å²) in [6.45, 7) is -0.700. The van der Waals surface area contributed by atoms with Crippen LogP contribution in [0.25, 0.3) is 33.4 Å². The lowest BCUT2D eigenvalue weighted by atomic mass is 10.0. The van der Waals surface area contributed by atoms with Gasteiger partial charge in [-0.2, -0.15) is 5.10 Å². The molecule has 0 radical (unpaired) electrons. The highest BCUT2D eigenvalue weighted by Gasteiger charge is 2.41. The molecule has 4 heterocycles. The minimum Gasteiger partial charge on any atom is -0.291 e. The first-order valence-electron chi connectivity index (χ1n) is 11.7. The van der Waals surface area contributed by atoms with Crippen molar-refractivity contribution in [1.29, 1.82) is 0 Å². The molecule has 11 heteroatoms. The number of halogens is 4. The second-order valence-electron chi connectivity index (χ2n) is 9.24. The summed E-state index contributed by atoms with van der Waals surface area (Å²) in [7, 11) is 0. The second-order valence-corrected chi connectivity index (χ2v) is 9.24. The Labute approximate surface area is 208 Å².